The maximum Gasteiger partial charge on any atom is 0.293 e. The summed E-state index contributed by atoms with van der Waals surface area (Å²) < 4.78 is 20.0. The fourth-order valence-electron chi connectivity index (χ4n) is 3.93. The van der Waals surface area contributed by atoms with Gasteiger partial charge >= 0.3 is 0 Å². The predicted octanol–water partition coefficient (Wildman–Crippen LogP) is 7.45. The van der Waals surface area contributed by atoms with Crippen molar-refractivity contribution in [3.8, 4) is 5.75 Å². The first-order valence-corrected chi connectivity index (χ1v) is 12.1. The molecule has 1 fully saturated rings. The van der Waals surface area contributed by atoms with E-state index in [9.17, 15) is 14.0 Å². The van der Waals surface area contributed by atoms with Crippen LogP contribution in [0, 0.1) is 5.82 Å². The van der Waals surface area contributed by atoms with E-state index >= 15 is 0 Å². The summed E-state index contributed by atoms with van der Waals surface area (Å²) in [5, 5.41) is 2.00. The number of hydrogen-bond donors (Lipinski definition) is 0. The molecule has 5 rings (SSSR count). The van der Waals surface area contributed by atoms with E-state index in [-0.39, 0.29) is 34.9 Å². The molecular formula is C28H19ClFNO3S. The van der Waals surface area contributed by atoms with Crippen LogP contribution in [-0.4, -0.2) is 16.0 Å². The Labute approximate surface area is 211 Å². The first-order valence-electron chi connectivity index (χ1n) is 10.9. The monoisotopic (exact) mass is 503 g/mol. The van der Waals surface area contributed by atoms with Crippen molar-refractivity contribution in [3.05, 3.63) is 117 Å². The number of nitrogens with zero attached hydrogens (tertiary/aromatic N) is 1. The summed E-state index contributed by atoms with van der Waals surface area (Å²) in [7, 11) is 0. The number of ether oxygens (including phenoxy) is 1. The lowest BCUT2D eigenvalue weighted by Gasteiger charge is -2.14. The van der Waals surface area contributed by atoms with Gasteiger partial charge in [-0.15, -0.1) is 0 Å². The summed E-state index contributed by atoms with van der Waals surface area (Å²) in [6.45, 7) is 0.117. The van der Waals surface area contributed by atoms with Crippen molar-refractivity contribution in [2.24, 2.45) is 0 Å². The molecule has 0 aromatic heterocycles. The van der Waals surface area contributed by atoms with Gasteiger partial charge in [-0.3, -0.25) is 14.5 Å². The summed E-state index contributed by atoms with van der Waals surface area (Å²) >= 11 is 7.00. The Morgan fingerprint density at radius 1 is 0.914 bits per heavy atom. The first kappa shape index (κ1) is 23.1. The van der Waals surface area contributed by atoms with Crippen LogP contribution in [0.25, 0.3) is 16.8 Å². The fourth-order valence-corrected chi connectivity index (χ4v) is 4.98. The highest BCUT2D eigenvalue weighted by Crippen LogP contribution is 2.36. The van der Waals surface area contributed by atoms with Crippen LogP contribution < -0.4 is 4.74 Å². The second-order valence-electron chi connectivity index (χ2n) is 7.93. The lowest BCUT2D eigenvalue weighted by atomic mass is 10.0. The summed E-state index contributed by atoms with van der Waals surface area (Å²) in [5.41, 5.74) is 1.76. The Hall–Kier alpha value is -3.61. The van der Waals surface area contributed by atoms with Crippen LogP contribution in [0.4, 0.5) is 9.18 Å². The Bertz CT molecular complexity index is 1460. The van der Waals surface area contributed by atoms with Crippen LogP contribution in [0.3, 0.4) is 0 Å². The zero-order valence-corrected chi connectivity index (χ0v) is 20.0. The van der Waals surface area contributed by atoms with Gasteiger partial charge in [0.2, 0.25) is 0 Å². The molecule has 0 unspecified atom stereocenters. The molecule has 7 heteroatoms. The van der Waals surface area contributed by atoms with Gasteiger partial charge in [-0.1, -0.05) is 78.3 Å². The smallest absolute Gasteiger partial charge is 0.293 e. The summed E-state index contributed by atoms with van der Waals surface area (Å²) in [4.78, 5) is 27.4. The summed E-state index contributed by atoms with van der Waals surface area (Å²) in [5.74, 6) is -0.364. The molecule has 35 heavy (non-hydrogen) atoms. The van der Waals surface area contributed by atoms with Crippen LogP contribution in [0.1, 0.15) is 16.7 Å². The summed E-state index contributed by atoms with van der Waals surface area (Å²) in [6, 6.07) is 25.2. The van der Waals surface area contributed by atoms with Crippen molar-refractivity contribution < 1.29 is 18.7 Å². The van der Waals surface area contributed by atoms with Gasteiger partial charge in [-0.05, 0) is 52.4 Å². The average Bonchev–Trinajstić information content (AvgIpc) is 3.12. The number of para-hydroxylation sites is 1. The van der Waals surface area contributed by atoms with E-state index in [1.165, 1.54) is 17.0 Å². The van der Waals surface area contributed by atoms with Gasteiger partial charge in [0.05, 0.1) is 16.5 Å². The molecule has 0 N–H and O–H groups in total. The van der Waals surface area contributed by atoms with E-state index in [4.69, 9.17) is 16.3 Å². The third-order valence-electron chi connectivity index (χ3n) is 5.72. The minimum atomic E-state index is -0.454. The molecule has 2 amide bonds. The van der Waals surface area contributed by atoms with Crippen LogP contribution in [-0.2, 0) is 17.9 Å². The van der Waals surface area contributed by atoms with E-state index in [1.54, 1.807) is 36.4 Å². The highest BCUT2D eigenvalue weighted by molar-refractivity contribution is 8.18. The van der Waals surface area contributed by atoms with Gasteiger partial charge in [0.1, 0.15) is 18.2 Å². The third-order valence-corrected chi connectivity index (χ3v) is 6.98. The number of carbonyl (C=O) groups excluding carboxylic acids is 2. The SMILES string of the molecule is O=C1S/C(=C\c2ccccc2OCc2c(F)cccc2Cl)C(=O)N1Cc1cccc2ccccc12. The topological polar surface area (TPSA) is 46.6 Å². The highest BCUT2D eigenvalue weighted by atomic mass is 35.5. The number of carbonyl (C=O) groups is 2. The van der Waals surface area contributed by atoms with Gasteiger partial charge in [0.25, 0.3) is 11.1 Å². The molecule has 1 heterocycles. The number of rotatable bonds is 6. The minimum absolute atomic E-state index is 0.0705. The molecule has 0 atom stereocenters. The van der Waals surface area contributed by atoms with E-state index in [1.807, 2.05) is 42.5 Å². The van der Waals surface area contributed by atoms with Gasteiger partial charge < -0.3 is 4.74 Å². The van der Waals surface area contributed by atoms with Crippen molar-refractivity contribution in [1.29, 1.82) is 0 Å². The molecule has 174 valence electrons. The van der Waals surface area contributed by atoms with Crippen molar-refractivity contribution in [2.45, 2.75) is 13.2 Å². The Morgan fingerprint density at radius 3 is 2.51 bits per heavy atom. The largest absolute Gasteiger partial charge is 0.488 e. The van der Waals surface area contributed by atoms with Gasteiger partial charge in [-0.25, -0.2) is 4.39 Å². The summed E-state index contributed by atoms with van der Waals surface area (Å²) in [6.07, 6.45) is 1.63. The minimum Gasteiger partial charge on any atom is -0.488 e. The molecular weight excluding hydrogens is 485 g/mol. The average molecular weight is 504 g/mol. The van der Waals surface area contributed by atoms with Crippen molar-refractivity contribution in [2.75, 3.05) is 0 Å². The molecule has 0 radical (unpaired) electrons. The molecule has 1 aliphatic heterocycles. The van der Waals surface area contributed by atoms with Crippen molar-refractivity contribution in [1.82, 2.24) is 4.90 Å². The van der Waals surface area contributed by atoms with E-state index in [0.717, 1.165) is 28.1 Å². The number of benzene rings is 4. The van der Waals surface area contributed by atoms with Gasteiger partial charge in [0.15, 0.2) is 0 Å². The number of halogens is 2. The standard InChI is InChI=1S/C28H19ClFNO3S/c29-23-12-6-13-24(30)22(23)17-34-25-14-4-2-8-19(25)15-26-27(32)31(28(33)35-26)16-20-10-5-9-18-7-1-3-11-21(18)20/h1-15H,16-17H2/b26-15-. The highest BCUT2D eigenvalue weighted by Gasteiger charge is 2.35. The Kier molecular flexibility index (Phi) is 6.57. The molecule has 0 bridgehead atoms. The molecule has 1 saturated heterocycles. The Balaban J connectivity index is 1.38. The normalized spacial score (nSPS) is 14.8. The van der Waals surface area contributed by atoms with E-state index in [2.05, 4.69) is 0 Å². The van der Waals surface area contributed by atoms with Crippen LogP contribution in [0.15, 0.2) is 89.8 Å². The third kappa shape index (κ3) is 4.81. The van der Waals surface area contributed by atoms with Crippen molar-refractivity contribution in [3.63, 3.8) is 0 Å². The maximum atomic E-state index is 14.1. The number of thioether (sulfide) groups is 1. The number of fused-ring (bicyclic) bond motifs is 1. The van der Waals surface area contributed by atoms with Crippen LogP contribution in [0.5, 0.6) is 5.75 Å². The quantitative estimate of drug-likeness (QED) is 0.256. The van der Waals surface area contributed by atoms with E-state index in [0.29, 0.717) is 16.2 Å². The lowest BCUT2D eigenvalue weighted by molar-refractivity contribution is -0.123. The zero-order chi connectivity index (χ0) is 24.4. The van der Waals surface area contributed by atoms with Gasteiger partial charge in [-0.2, -0.15) is 0 Å². The molecule has 1 aliphatic rings. The molecule has 0 saturated carbocycles. The second-order valence-corrected chi connectivity index (χ2v) is 9.33. The zero-order valence-electron chi connectivity index (χ0n) is 18.4. The molecule has 0 spiro atoms. The van der Waals surface area contributed by atoms with E-state index < -0.39 is 5.82 Å². The first-order chi connectivity index (χ1) is 17.0. The second kappa shape index (κ2) is 9.94. The molecule has 0 aliphatic carbocycles. The molecule has 4 nitrogen and oxygen atoms in total. The molecule has 4 aromatic carbocycles. The van der Waals surface area contributed by atoms with Crippen LogP contribution in [0.2, 0.25) is 5.02 Å². The van der Waals surface area contributed by atoms with Crippen molar-refractivity contribution >= 4 is 51.4 Å². The predicted molar refractivity (Wildman–Crippen MR) is 138 cm³/mol. The van der Waals surface area contributed by atoms with Gasteiger partial charge in [0, 0.05) is 11.1 Å². The maximum absolute atomic E-state index is 14.1. The number of hydrogen-bond acceptors (Lipinski definition) is 4. The number of amides is 2. The number of imide groups is 1. The van der Waals surface area contributed by atoms with Crippen LogP contribution >= 0.6 is 23.4 Å². The molecule has 4 aromatic rings. The Morgan fingerprint density at radius 2 is 1.66 bits per heavy atom. The fraction of sp³-hybridized carbons (Fsp3) is 0.0714. The lowest BCUT2D eigenvalue weighted by Crippen LogP contribution is -2.27.